The highest BCUT2D eigenvalue weighted by atomic mass is 32.2. The topological polar surface area (TPSA) is 122 Å². The summed E-state index contributed by atoms with van der Waals surface area (Å²) in [5.74, 6) is -0.411. The quantitative estimate of drug-likeness (QED) is 0.322. The van der Waals surface area contributed by atoms with Gasteiger partial charge in [-0.05, 0) is 58.2 Å². The number of benzene rings is 1. The number of rotatable bonds is 8. The van der Waals surface area contributed by atoms with Crippen molar-refractivity contribution in [2.75, 3.05) is 57.1 Å². The molecule has 2 saturated heterocycles. The second kappa shape index (κ2) is 13.6. The van der Waals surface area contributed by atoms with Crippen LogP contribution in [0.5, 0.6) is 11.5 Å². The molecule has 0 spiro atoms. The number of pyridine rings is 1. The van der Waals surface area contributed by atoms with Crippen molar-refractivity contribution >= 4 is 23.6 Å². The van der Waals surface area contributed by atoms with Crippen molar-refractivity contribution in [3.05, 3.63) is 57.3 Å². The number of likely N-dealkylation sites (tertiary alicyclic amines) is 1. The fraction of sp³-hybridized carbons (Fsp3) is 0.515. The summed E-state index contributed by atoms with van der Waals surface area (Å²) in [6.07, 6.45) is 1.85. The van der Waals surface area contributed by atoms with E-state index in [1.54, 1.807) is 39.2 Å². The smallest absolute Gasteiger partial charge is 0.401 e. The number of carbonyl (C=O) groups excluding carboxylic acids is 1. The Labute approximate surface area is 280 Å². The Morgan fingerprint density at radius 3 is 2.40 bits per heavy atom. The minimum Gasteiger partial charge on any atom is -0.448 e. The molecule has 15 heteroatoms. The van der Waals surface area contributed by atoms with E-state index in [4.69, 9.17) is 14.2 Å². The molecule has 11 nitrogen and oxygen atoms in total. The van der Waals surface area contributed by atoms with Crippen molar-refractivity contribution in [3.8, 4) is 22.6 Å². The number of thioether (sulfide) groups is 1. The molecule has 2 fully saturated rings. The normalized spacial score (nSPS) is 20.3. The molecule has 3 aromatic rings. The number of amides is 1. The molecule has 0 radical (unpaired) electrons. The lowest BCUT2D eigenvalue weighted by atomic mass is 9.89. The van der Waals surface area contributed by atoms with Gasteiger partial charge in [-0.3, -0.25) is 14.5 Å². The van der Waals surface area contributed by atoms with Crippen molar-refractivity contribution in [2.45, 2.75) is 57.0 Å². The van der Waals surface area contributed by atoms with Gasteiger partial charge < -0.3 is 29.4 Å². The van der Waals surface area contributed by atoms with Crippen LogP contribution in [0.15, 0.2) is 34.2 Å². The number of aromatic amines is 1. The molecule has 258 valence electrons. The lowest BCUT2D eigenvalue weighted by Gasteiger charge is -2.39. The van der Waals surface area contributed by atoms with E-state index < -0.39 is 24.4 Å². The molecule has 5 heterocycles. The highest BCUT2D eigenvalue weighted by Gasteiger charge is 2.48. The minimum atomic E-state index is -4.26. The standard InChI is InChI=1S/C33H39F3N6O5S/c1-19-13-26(48-4)25(30(44)40-19)17-37-29(43)23-14-24(21-15-38-31(39-16-21)42-9-11-45-12-10-42)28-27(20(23)2)46-32(3,47-28)22-5-7-41(8-6-22)18-33(34,35)36/h13-16,22H,5-12,17-18H2,1-4H3,(H,37,43)(H,40,44). The lowest BCUT2D eigenvalue weighted by molar-refractivity contribution is -0.159. The first-order chi connectivity index (χ1) is 22.8. The zero-order valence-corrected chi connectivity index (χ0v) is 28.1. The number of nitrogens with zero attached hydrogens (tertiary/aromatic N) is 4. The number of fused-ring (bicyclic) bond motifs is 1. The molecule has 1 amide bonds. The Morgan fingerprint density at radius 1 is 1.08 bits per heavy atom. The third-order valence-electron chi connectivity index (χ3n) is 9.19. The minimum absolute atomic E-state index is 0.0133. The highest BCUT2D eigenvalue weighted by Crippen LogP contribution is 2.52. The van der Waals surface area contributed by atoms with Gasteiger partial charge in [-0.1, -0.05) is 0 Å². The highest BCUT2D eigenvalue weighted by molar-refractivity contribution is 7.98. The van der Waals surface area contributed by atoms with Crippen LogP contribution in [0.1, 0.15) is 46.9 Å². The van der Waals surface area contributed by atoms with Gasteiger partial charge in [0, 0.05) is 83.3 Å². The summed E-state index contributed by atoms with van der Waals surface area (Å²) in [7, 11) is 0. The van der Waals surface area contributed by atoms with E-state index in [2.05, 4.69) is 20.3 Å². The van der Waals surface area contributed by atoms with Gasteiger partial charge in [0.25, 0.3) is 17.3 Å². The number of carbonyl (C=O) groups is 1. The third kappa shape index (κ3) is 7.13. The maximum atomic E-state index is 13.8. The first kappa shape index (κ1) is 34.1. The first-order valence-corrected chi connectivity index (χ1v) is 17.1. The molecule has 3 aliphatic heterocycles. The summed E-state index contributed by atoms with van der Waals surface area (Å²) in [5.41, 5.74) is 2.93. The molecule has 0 aliphatic carbocycles. The van der Waals surface area contributed by atoms with Gasteiger partial charge in [0.15, 0.2) is 11.5 Å². The average molecular weight is 689 g/mol. The molecule has 0 saturated carbocycles. The second-order valence-electron chi connectivity index (χ2n) is 12.5. The van der Waals surface area contributed by atoms with Gasteiger partial charge in [-0.2, -0.15) is 13.2 Å². The molecular formula is C33H39F3N6O5S. The number of piperidine rings is 1. The van der Waals surface area contributed by atoms with Gasteiger partial charge >= 0.3 is 6.18 Å². The largest absolute Gasteiger partial charge is 0.448 e. The number of aromatic nitrogens is 3. The zero-order chi connectivity index (χ0) is 34.2. The number of hydrogen-bond donors (Lipinski definition) is 2. The Morgan fingerprint density at radius 2 is 1.75 bits per heavy atom. The van der Waals surface area contributed by atoms with Gasteiger partial charge in [0.05, 0.1) is 19.8 Å². The molecule has 2 aromatic heterocycles. The van der Waals surface area contributed by atoms with Crippen molar-refractivity contribution in [1.82, 2.24) is 25.2 Å². The molecule has 6 rings (SSSR count). The summed E-state index contributed by atoms with van der Waals surface area (Å²) in [4.78, 5) is 42.7. The molecule has 3 aliphatic rings. The molecule has 1 atom stereocenters. The van der Waals surface area contributed by atoms with Crippen molar-refractivity contribution in [3.63, 3.8) is 0 Å². The van der Waals surface area contributed by atoms with Crippen LogP contribution >= 0.6 is 11.8 Å². The number of H-pyrrole nitrogens is 1. The average Bonchev–Trinajstić information content (AvgIpc) is 3.43. The van der Waals surface area contributed by atoms with Gasteiger partial charge in [-0.25, -0.2) is 9.97 Å². The number of hydrogen-bond acceptors (Lipinski definition) is 10. The maximum absolute atomic E-state index is 13.8. The molecule has 0 bridgehead atoms. The number of nitrogens with one attached hydrogen (secondary N) is 2. The van der Waals surface area contributed by atoms with Crippen LogP contribution in [0.3, 0.4) is 0 Å². The Bertz CT molecular complexity index is 1720. The number of halogens is 3. The molecule has 2 N–H and O–H groups in total. The van der Waals surface area contributed by atoms with Crippen LogP contribution in [-0.4, -0.2) is 89.9 Å². The van der Waals surface area contributed by atoms with Crippen molar-refractivity contribution in [2.24, 2.45) is 5.92 Å². The van der Waals surface area contributed by atoms with E-state index in [1.807, 2.05) is 17.2 Å². The predicted octanol–water partition coefficient (Wildman–Crippen LogP) is 4.70. The van der Waals surface area contributed by atoms with E-state index in [0.29, 0.717) is 84.4 Å². The Kier molecular flexibility index (Phi) is 9.64. The second-order valence-corrected chi connectivity index (χ2v) is 13.4. The molecule has 1 aromatic carbocycles. The fourth-order valence-corrected chi connectivity index (χ4v) is 7.26. The monoisotopic (exact) mass is 688 g/mol. The molecule has 1 unspecified atom stereocenters. The number of aryl methyl sites for hydroxylation is 1. The van der Waals surface area contributed by atoms with Crippen LogP contribution in [0.4, 0.5) is 19.1 Å². The van der Waals surface area contributed by atoms with Crippen molar-refractivity contribution < 1.29 is 32.2 Å². The maximum Gasteiger partial charge on any atom is 0.401 e. The molecular weight excluding hydrogens is 649 g/mol. The summed E-state index contributed by atoms with van der Waals surface area (Å²) >= 11 is 1.43. The van der Waals surface area contributed by atoms with Crippen LogP contribution < -0.4 is 25.2 Å². The zero-order valence-electron chi connectivity index (χ0n) is 27.3. The van der Waals surface area contributed by atoms with E-state index in [9.17, 15) is 22.8 Å². The number of morpholine rings is 1. The van der Waals surface area contributed by atoms with E-state index >= 15 is 0 Å². The van der Waals surface area contributed by atoms with Crippen LogP contribution in [0, 0.1) is 19.8 Å². The van der Waals surface area contributed by atoms with E-state index in [1.165, 1.54) is 16.7 Å². The van der Waals surface area contributed by atoms with Gasteiger partial charge in [0.1, 0.15) is 0 Å². The van der Waals surface area contributed by atoms with Crippen LogP contribution in [0.25, 0.3) is 11.1 Å². The Hall–Kier alpha value is -3.82. The number of alkyl halides is 3. The van der Waals surface area contributed by atoms with Gasteiger partial charge in [0.2, 0.25) is 5.95 Å². The van der Waals surface area contributed by atoms with Crippen LogP contribution in [-0.2, 0) is 11.3 Å². The van der Waals surface area contributed by atoms with Gasteiger partial charge in [-0.15, -0.1) is 11.8 Å². The van der Waals surface area contributed by atoms with Crippen molar-refractivity contribution in [1.29, 1.82) is 0 Å². The lowest BCUT2D eigenvalue weighted by Crippen LogP contribution is -2.49. The predicted molar refractivity (Wildman–Crippen MR) is 175 cm³/mol. The van der Waals surface area contributed by atoms with E-state index in [-0.39, 0.29) is 31.1 Å². The Balaban J connectivity index is 1.31. The van der Waals surface area contributed by atoms with Crippen LogP contribution in [0.2, 0.25) is 0 Å². The molecule has 48 heavy (non-hydrogen) atoms. The summed E-state index contributed by atoms with van der Waals surface area (Å²) < 4.78 is 57.7. The summed E-state index contributed by atoms with van der Waals surface area (Å²) in [6, 6.07) is 3.58. The first-order valence-electron chi connectivity index (χ1n) is 15.9. The fourth-order valence-electron chi connectivity index (χ4n) is 6.56. The third-order valence-corrected chi connectivity index (χ3v) is 9.99. The van der Waals surface area contributed by atoms with E-state index in [0.717, 1.165) is 10.6 Å². The SMILES string of the molecule is CSc1cc(C)[nH]c(=O)c1CNC(=O)c1cc(-c2cnc(N3CCOCC3)nc2)c2c(c1C)OC(C)(C1CCN(CC(F)(F)F)CC1)O2. The summed E-state index contributed by atoms with van der Waals surface area (Å²) in [6.45, 7) is 7.46. The number of ether oxygens (including phenoxy) is 3. The summed E-state index contributed by atoms with van der Waals surface area (Å²) in [5, 5.41) is 2.90. The number of anilines is 1.